The number of halogens is 3. The van der Waals surface area contributed by atoms with Crippen LogP contribution in [0, 0.1) is 30.3 Å². The van der Waals surface area contributed by atoms with E-state index in [9.17, 15) is 13.2 Å². The average molecular weight is 374 g/mol. The normalized spacial score (nSPS) is 18.8. The molecule has 1 aliphatic rings. The summed E-state index contributed by atoms with van der Waals surface area (Å²) in [5.74, 6) is -0.858. The second kappa shape index (κ2) is 7.77. The monoisotopic (exact) mass is 374 g/mol. The summed E-state index contributed by atoms with van der Waals surface area (Å²) in [6.45, 7) is 6.31. The van der Waals surface area contributed by atoms with E-state index in [4.69, 9.17) is 5.73 Å². The number of nitrogens with one attached hydrogen (secondary N) is 1. The first kappa shape index (κ1) is 19.5. The summed E-state index contributed by atoms with van der Waals surface area (Å²) in [5, 5.41) is 0.565. The van der Waals surface area contributed by atoms with Crippen molar-refractivity contribution in [1.29, 1.82) is 0 Å². The highest BCUT2D eigenvalue weighted by Gasteiger charge is 2.33. The molecule has 0 atom stereocenters. The van der Waals surface area contributed by atoms with Crippen LogP contribution in [0.5, 0.6) is 0 Å². The van der Waals surface area contributed by atoms with Crippen LogP contribution >= 0.6 is 0 Å². The molecular formula is C22H25F3N2. The molecule has 1 fully saturated rings. The number of fused-ring (bicyclic) bond motifs is 1. The fourth-order valence-electron chi connectivity index (χ4n) is 3.86. The largest absolute Gasteiger partial charge is 0.352 e. The smallest absolute Gasteiger partial charge is 0.150 e. The Hall–Kier alpha value is -2.27. The molecule has 2 nitrogen and oxygen atoms in total. The molecule has 0 amide bonds. The van der Waals surface area contributed by atoms with E-state index in [0.29, 0.717) is 28.9 Å². The zero-order valence-corrected chi connectivity index (χ0v) is 15.9. The zero-order chi connectivity index (χ0) is 19.7. The third-order valence-corrected chi connectivity index (χ3v) is 5.29. The highest BCUT2D eigenvalue weighted by Crippen LogP contribution is 2.48. The number of aromatic amines is 1. The van der Waals surface area contributed by atoms with Gasteiger partial charge in [0.2, 0.25) is 0 Å². The van der Waals surface area contributed by atoms with Crippen LogP contribution in [0.3, 0.4) is 0 Å². The third-order valence-electron chi connectivity index (χ3n) is 5.29. The van der Waals surface area contributed by atoms with Gasteiger partial charge in [-0.15, -0.1) is 0 Å². The molecule has 5 heteroatoms. The van der Waals surface area contributed by atoms with Gasteiger partial charge >= 0.3 is 0 Å². The molecule has 1 heterocycles. The van der Waals surface area contributed by atoms with E-state index in [2.05, 4.69) is 4.98 Å². The number of aryl methyl sites for hydroxylation is 1. The van der Waals surface area contributed by atoms with Gasteiger partial charge < -0.3 is 10.7 Å². The zero-order valence-electron chi connectivity index (χ0n) is 15.9. The van der Waals surface area contributed by atoms with Crippen LogP contribution in [0.2, 0.25) is 0 Å². The lowest BCUT2D eigenvalue weighted by atomic mass is 9.70. The molecule has 2 aromatic carbocycles. The third kappa shape index (κ3) is 3.48. The van der Waals surface area contributed by atoms with E-state index in [-0.39, 0.29) is 11.7 Å². The Morgan fingerprint density at radius 3 is 2.37 bits per heavy atom. The first-order chi connectivity index (χ1) is 13.0. The lowest BCUT2D eigenvalue weighted by Crippen LogP contribution is -2.28. The van der Waals surface area contributed by atoms with Gasteiger partial charge in [0.25, 0.3) is 0 Å². The van der Waals surface area contributed by atoms with Crippen molar-refractivity contribution in [3.63, 3.8) is 0 Å². The van der Waals surface area contributed by atoms with E-state index < -0.39 is 11.6 Å². The van der Waals surface area contributed by atoms with Gasteiger partial charge in [-0.2, -0.15) is 0 Å². The molecule has 4 rings (SSSR count). The second-order valence-electron chi connectivity index (χ2n) is 6.96. The number of rotatable bonds is 3. The van der Waals surface area contributed by atoms with Gasteiger partial charge in [0.15, 0.2) is 0 Å². The van der Waals surface area contributed by atoms with E-state index in [1.165, 1.54) is 12.1 Å². The van der Waals surface area contributed by atoms with Gasteiger partial charge in [-0.25, -0.2) is 13.2 Å². The Labute approximate surface area is 157 Å². The SMILES string of the molecule is CC.Cc1cc(-c2[nH]c3c(F)cc(F)cc3c2C2CC(CN)C2)ccc1F. The molecular weight excluding hydrogens is 349 g/mol. The molecule has 3 aromatic rings. The highest BCUT2D eigenvalue weighted by molar-refractivity contribution is 5.92. The maximum Gasteiger partial charge on any atom is 0.150 e. The van der Waals surface area contributed by atoms with Crippen LogP contribution in [-0.2, 0) is 0 Å². The van der Waals surface area contributed by atoms with Crippen LogP contribution in [0.25, 0.3) is 22.2 Å². The van der Waals surface area contributed by atoms with E-state index in [0.717, 1.165) is 35.7 Å². The number of aromatic nitrogens is 1. The van der Waals surface area contributed by atoms with Gasteiger partial charge in [0.1, 0.15) is 17.5 Å². The number of H-pyrrole nitrogens is 1. The van der Waals surface area contributed by atoms with Crippen molar-refractivity contribution in [2.45, 2.75) is 39.5 Å². The Bertz CT molecular complexity index is 956. The first-order valence-electron chi connectivity index (χ1n) is 9.45. The van der Waals surface area contributed by atoms with Crippen LogP contribution in [0.4, 0.5) is 13.2 Å². The van der Waals surface area contributed by atoms with Crippen molar-refractivity contribution < 1.29 is 13.2 Å². The highest BCUT2D eigenvalue weighted by atomic mass is 19.1. The van der Waals surface area contributed by atoms with E-state index in [1.807, 2.05) is 13.8 Å². The van der Waals surface area contributed by atoms with Crippen LogP contribution in [0.1, 0.15) is 43.7 Å². The summed E-state index contributed by atoms with van der Waals surface area (Å²) >= 11 is 0. The van der Waals surface area contributed by atoms with E-state index >= 15 is 0 Å². The summed E-state index contributed by atoms with van der Waals surface area (Å²) in [6, 6.07) is 7.06. The fourth-order valence-corrected chi connectivity index (χ4v) is 3.86. The van der Waals surface area contributed by atoms with Gasteiger partial charge in [0, 0.05) is 11.5 Å². The van der Waals surface area contributed by atoms with Gasteiger partial charge in [-0.05, 0) is 79.1 Å². The Balaban J connectivity index is 0.00000102. The summed E-state index contributed by atoms with van der Waals surface area (Å²) in [5.41, 5.74) is 8.96. The number of hydrogen-bond acceptors (Lipinski definition) is 1. The van der Waals surface area contributed by atoms with E-state index in [1.54, 1.807) is 19.1 Å². The summed E-state index contributed by atoms with van der Waals surface area (Å²) in [7, 11) is 0. The van der Waals surface area contributed by atoms with Crippen molar-refractivity contribution in [3.8, 4) is 11.3 Å². The van der Waals surface area contributed by atoms with Gasteiger partial charge in [-0.3, -0.25) is 0 Å². The maximum atomic E-state index is 14.3. The molecule has 144 valence electrons. The maximum absolute atomic E-state index is 14.3. The molecule has 1 aromatic heterocycles. The van der Waals surface area contributed by atoms with Crippen molar-refractivity contribution in [2.75, 3.05) is 6.54 Å². The summed E-state index contributed by atoms with van der Waals surface area (Å²) in [4.78, 5) is 3.11. The average Bonchev–Trinajstić information content (AvgIpc) is 2.98. The van der Waals surface area contributed by atoms with Gasteiger partial charge in [-0.1, -0.05) is 13.8 Å². The van der Waals surface area contributed by atoms with Crippen LogP contribution in [0.15, 0.2) is 30.3 Å². The standard InChI is InChI=1S/C20H19F3N2.C2H6/c1-10-4-12(2-3-16(10)22)19-18(13-5-11(6-13)9-24)15-7-14(21)8-17(23)20(15)25-19;1-2/h2-4,7-8,11,13,25H,5-6,9,24H2,1H3;1-2H3. The van der Waals surface area contributed by atoms with Crippen LogP contribution < -0.4 is 5.73 Å². The Morgan fingerprint density at radius 1 is 1.04 bits per heavy atom. The molecule has 1 aliphatic carbocycles. The number of nitrogens with two attached hydrogens (primary N) is 1. The molecule has 0 aliphatic heterocycles. The summed E-state index contributed by atoms with van der Waals surface area (Å²) < 4.78 is 41.7. The molecule has 0 radical (unpaired) electrons. The molecule has 3 N–H and O–H groups in total. The Morgan fingerprint density at radius 2 is 1.74 bits per heavy atom. The molecule has 0 bridgehead atoms. The van der Waals surface area contributed by atoms with Crippen molar-refractivity contribution in [1.82, 2.24) is 4.98 Å². The molecule has 27 heavy (non-hydrogen) atoms. The quantitative estimate of drug-likeness (QED) is 0.577. The van der Waals surface area contributed by atoms with Crippen molar-refractivity contribution in [3.05, 3.63) is 58.9 Å². The second-order valence-corrected chi connectivity index (χ2v) is 6.96. The molecule has 0 unspecified atom stereocenters. The van der Waals surface area contributed by atoms with Gasteiger partial charge in [0.05, 0.1) is 11.2 Å². The predicted molar refractivity (Wildman–Crippen MR) is 104 cm³/mol. The predicted octanol–water partition coefficient (Wildman–Crippen LogP) is 6.04. The fraction of sp³-hybridized carbons (Fsp3) is 0.364. The van der Waals surface area contributed by atoms with Crippen molar-refractivity contribution in [2.24, 2.45) is 11.7 Å². The minimum atomic E-state index is -0.615. The lowest BCUT2D eigenvalue weighted by molar-refractivity contribution is 0.274. The molecule has 1 saturated carbocycles. The van der Waals surface area contributed by atoms with Crippen molar-refractivity contribution >= 4 is 10.9 Å². The number of benzene rings is 2. The molecule has 0 spiro atoms. The lowest BCUT2D eigenvalue weighted by Gasteiger charge is -2.35. The minimum absolute atomic E-state index is 0.198. The topological polar surface area (TPSA) is 41.8 Å². The Kier molecular flexibility index (Phi) is 5.61. The number of hydrogen-bond donors (Lipinski definition) is 2. The minimum Gasteiger partial charge on any atom is -0.352 e. The van der Waals surface area contributed by atoms with Crippen LogP contribution in [-0.4, -0.2) is 11.5 Å². The molecule has 0 saturated heterocycles. The first-order valence-corrected chi connectivity index (χ1v) is 9.45. The summed E-state index contributed by atoms with van der Waals surface area (Å²) in [6.07, 6.45) is 1.80.